The van der Waals surface area contributed by atoms with E-state index in [9.17, 15) is 14.0 Å². The second kappa shape index (κ2) is 10.5. The number of carbonyl (C=O) groups excluding carboxylic acids is 2. The Morgan fingerprint density at radius 1 is 0.833 bits per heavy atom. The monoisotopic (exact) mass is 424 g/mol. The summed E-state index contributed by atoms with van der Waals surface area (Å²) in [4.78, 5) is 26.1. The maximum Gasteiger partial charge on any atom is 0.279 e. The zero-order valence-corrected chi connectivity index (χ0v) is 17.1. The van der Waals surface area contributed by atoms with E-state index in [2.05, 4.69) is 10.9 Å². The van der Waals surface area contributed by atoms with Crippen molar-refractivity contribution in [2.45, 2.75) is 23.2 Å². The minimum Gasteiger partial charge on any atom is -0.481 e. The third-order valence-electron chi connectivity index (χ3n) is 4.14. The molecular weight excluding hydrogens is 403 g/mol. The van der Waals surface area contributed by atoms with Crippen LogP contribution < -0.4 is 15.6 Å². The zero-order valence-electron chi connectivity index (χ0n) is 16.2. The second-order valence-corrected chi connectivity index (χ2v) is 7.59. The second-order valence-electron chi connectivity index (χ2n) is 6.41. The quantitative estimate of drug-likeness (QED) is 0.439. The molecule has 0 saturated carbocycles. The van der Waals surface area contributed by atoms with Crippen molar-refractivity contribution < 1.29 is 18.7 Å². The Morgan fingerprint density at radius 3 is 2.03 bits per heavy atom. The molecule has 0 aliphatic rings. The number of rotatable bonds is 7. The Labute approximate surface area is 178 Å². The van der Waals surface area contributed by atoms with Crippen molar-refractivity contribution in [3.8, 4) is 5.75 Å². The molecule has 0 bridgehead atoms. The molecule has 7 heteroatoms. The number of ether oxygens (including phenoxy) is 1. The fraction of sp³-hybridized carbons (Fsp3) is 0.130. The highest BCUT2D eigenvalue weighted by Gasteiger charge is 2.23. The van der Waals surface area contributed by atoms with Crippen molar-refractivity contribution in [1.82, 2.24) is 10.9 Å². The van der Waals surface area contributed by atoms with E-state index in [1.54, 1.807) is 0 Å². The molecule has 5 nitrogen and oxygen atoms in total. The molecule has 0 aliphatic carbocycles. The van der Waals surface area contributed by atoms with Gasteiger partial charge in [0.15, 0.2) is 6.10 Å². The van der Waals surface area contributed by atoms with Crippen molar-refractivity contribution in [3.05, 3.63) is 96.3 Å². The first-order valence-electron chi connectivity index (χ1n) is 9.31. The molecule has 2 amide bonds. The molecule has 2 unspecified atom stereocenters. The first-order chi connectivity index (χ1) is 14.5. The van der Waals surface area contributed by atoms with Crippen molar-refractivity contribution in [1.29, 1.82) is 0 Å². The van der Waals surface area contributed by atoms with Crippen LogP contribution >= 0.6 is 11.8 Å². The van der Waals surface area contributed by atoms with Gasteiger partial charge in [0, 0.05) is 4.90 Å². The first-order valence-corrected chi connectivity index (χ1v) is 10.2. The Bertz CT molecular complexity index is 969. The standard InChI is InChI=1S/C23H21FN2O3S/c1-16(29-19-14-12-18(24)13-15-19)22(27)25-26-23(28)21(17-8-4-2-5-9-17)30-20-10-6-3-7-11-20/h2-16,21H,1H3,(H,25,27)(H,26,28). The van der Waals surface area contributed by atoms with Crippen LogP contribution in [0.4, 0.5) is 4.39 Å². The fourth-order valence-corrected chi connectivity index (χ4v) is 3.64. The summed E-state index contributed by atoms with van der Waals surface area (Å²) in [6.07, 6.45) is -0.882. The third-order valence-corrected chi connectivity index (χ3v) is 5.41. The topological polar surface area (TPSA) is 67.4 Å². The summed E-state index contributed by atoms with van der Waals surface area (Å²) in [6.45, 7) is 1.54. The Morgan fingerprint density at radius 2 is 1.40 bits per heavy atom. The first kappa shape index (κ1) is 21.4. The molecule has 0 saturated heterocycles. The predicted octanol–water partition coefficient (Wildman–Crippen LogP) is 4.27. The van der Waals surface area contributed by atoms with Gasteiger partial charge >= 0.3 is 0 Å². The van der Waals surface area contributed by atoms with Crippen LogP contribution in [0.3, 0.4) is 0 Å². The maximum atomic E-state index is 13.0. The number of hydrogen-bond acceptors (Lipinski definition) is 4. The molecule has 30 heavy (non-hydrogen) atoms. The van der Waals surface area contributed by atoms with Crippen LogP contribution in [0.1, 0.15) is 17.7 Å². The molecule has 3 rings (SSSR count). The van der Waals surface area contributed by atoms with Gasteiger partial charge in [0.2, 0.25) is 0 Å². The molecule has 0 heterocycles. The largest absolute Gasteiger partial charge is 0.481 e. The lowest BCUT2D eigenvalue weighted by Gasteiger charge is -2.19. The highest BCUT2D eigenvalue weighted by Crippen LogP contribution is 2.35. The molecule has 3 aromatic carbocycles. The normalized spacial score (nSPS) is 12.5. The van der Waals surface area contributed by atoms with E-state index in [1.807, 2.05) is 60.7 Å². The van der Waals surface area contributed by atoms with E-state index in [-0.39, 0.29) is 5.91 Å². The van der Waals surface area contributed by atoms with E-state index in [4.69, 9.17) is 4.74 Å². The average Bonchev–Trinajstić information content (AvgIpc) is 2.78. The van der Waals surface area contributed by atoms with Crippen molar-refractivity contribution in [2.75, 3.05) is 0 Å². The summed E-state index contributed by atoms with van der Waals surface area (Å²) in [6, 6.07) is 24.2. The van der Waals surface area contributed by atoms with Gasteiger partial charge in [-0.1, -0.05) is 48.5 Å². The van der Waals surface area contributed by atoms with Gasteiger partial charge in [-0.05, 0) is 48.9 Å². The zero-order chi connectivity index (χ0) is 21.3. The van der Waals surface area contributed by atoms with Crippen LogP contribution in [0.25, 0.3) is 0 Å². The summed E-state index contributed by atoms with van der Waals surface area (Å²) in [7, 11) is 0. The summed E-state index contributed by atoms with van der Waals surface area (Å²) >= 11 is 1.38. The Hall–Kier alpha value is -3.32. The third kappa shape index (κ3) is 6.09. The number of halogens is 1. The molecule has 154 valence electrons. The lowest BCUT2D eigenvalue weighted by Crippen LogP contribution is -2.48. The highest BCUT2D eigenvalue weighted by molar-refractivity contribution is 8.00. The molecule has 0 fully saturated rings. The Kier molecular flexibility index (Phi) is 7.45. The number of thioether (sulfide) groups is 1. The van der Waals surface area contributed by atoms with Gasteiger partial charge in [0.05, 0.1) is 0 Å². The van der Waals surface area contributed by atoms with E-state index in [1.165, 1.54) is 43.0 Å². The van der Waals surface area contributed by atoms with Gasteiger partial charge in [-0.25, -0.2) is 4.39 Å². The van der Waals surface area contributed by atoms with Gasteiger partial charge in [-0.2, -0.15) is 0 Å². The van der Waals surface area contributed by atoms with Crippen molar-refractivity contribution in [3.63, 3.8) is 0 Å². The minimum atomic E-state index is -0.882. The van der Waals surface area contributed by atoms with E-state index in [0.717, 1.165) is 10.5 Å². The summed E-state index contributed by atoms with van der Waals surface area (Å²) in [5.74, 6) is -0.927. The van der Waals surface area contributed by atoms with E-state index >= 15 is 0 Å². The highest BCUT2D eigenvalue weighted by atomic mass is 32.2. The molecule has 2 N–H and O–H groups in total. The Balaban J connectivity index is 1.62. The van der Waals surface area contributed by atoms with Crippen LogP contribution in [0.5, 0.6) is 5.75 Å². The molecular formula is C23H21FN2O3S. The fourth-order valence-electron chi connectivity index (χ4n) is 2.60. The summed E-state index contributed by atoms with van der Waals surface area (Å²) < 4.78 is 18.4. The average molecular weight is 424 g/mol. The maximum absolute atomic E-state index is 13.0. The van der Waals surface area contributed by atoms with Gasteiger partial charge in [0.25, 0.3) is 11.8 Å². The number of amides is 2. The van der Waals surface area contributed by atoms with Crippen LogP contribution in [-0.2, 0) is 9.59 Å². The molecule has 0 spiro atoms. The SMILES string of the molecule is CC(Oc1ccc(F)cc1)C(=O)NNC(=O)C(Sc1ccccc1)c1ccccc1. The van der Waals surface area contributed by atoms with Crippen LogP contribution in [0, 0.1) is 5.82 Å². The van der Waals surface area contributed by atoms with Gasteiger partial charge in [-0.15, -0.1) is 11.8 Å². The van der Waals surface area contributed by atoms with E-state index < -0.39 is 23.1 Å². The van der Waals surface area contributed by atoms with Gasteiger partial charge in [0.1, 0.15) is 16.8 Å². The number of hydrogen-bond donors (Lipinski definition) is 2. The van der Waals surface area contributed by atoms with Crippen LogP contribution in [-0.4, -0.2) is 17.9 Å². The number of nitrogens with one attached hydrogen (secondary N) is 2. The van der Waals surface area contributed by atoms with Crippen LogP contribution in [0.15, 0.2) is 89.8 Å². The number of hydrazine groups is 1. The minimum absolute atomic E-state index is 0.354. The number of carbonyl (C=O) groups is 2. The predicted molar refractivity (Wildman–Crippen MR) is 114 cm³/mol. The van der Waals surface area contributed by atoms with Gasteiger partial charge < -0.3 is 4.74 Å². The molecule has 0 aliphatic heterocycles. The van der Waals surface area contributed by atoms with Crippen molar-refractivity contribution >= 4 is 23.6 Å². The summed E-state index contributed by atoms with van der Waals surface area (Å²) in [5.41, 5.74) is 5.69. The lowest BCUT2D eigenvalue weighted by molar-refractivity contribution is -0.132. The molecule has 0 aromatic heterocycles. The smallest absolute Gasteiger partial charge is 0.279 e. The van der Waals surface area contributed by atoms with Gasteiger partial charge in [-0.3, -0.25) is 20.4 Å². The summed E-state index contributed by atoms with van der Waals surface area (Å²) in [5, 5.41) is -0.553. The van der Waals surface area contributed by atoms with Crippen molar-refractivity contribution in [2.24, 2.45) is 0 Å². The molecule has 2 atom stereocenters. The van der Waals surface area contributed by atoms with Crippen LogP contribution in [0.2, 0.25) is 0 Å². The molecule has 0 radical (unpaired) electrons. The lowest BCUT2D eigenvalue weighted by atomic mass is 10.1. The van der Waals surface area contributed by atoms with E-state index in [0.29, 0.717) is 5.75 Å². The number of benzene rings is 3. The molecule has 3 aromatic rings.